The molecule has 0 amide bonds. The lowest BCUT2D eigenvalue weighted by Crippen LogP contribution is -2.51. The number of benzene rings is 1. The average Bonchev–Trinajstić information content (AvgIpc) is 2.64. The summed E-state index contributed by atoms with van der Waals surface area (Å²) in [5.74, 6) is -0.327. The first kappa shape index (κ1) is 16.7. The molecule has 2 rings (SSSR count). The first-order chi connectivity index (χ1) is 10.0. The minimum Gasteiger partial charge on any atom is -0.310 e. The van der Waals surface area contributed by atoms with Gasteiger partial charge in [-0.25, -0.2) is 4.39 Å². The summed E-state index contributed by atoms with van der Waals surface area (Å²) in [6.07, 6.45) is 3.31. The molecule has 1 N–H and O–H groups in total. The molecule has 2 nitrogen and oxygen atoms in total. The molecule has 1 heterocycles. The number of rotatable bonds is 4. The maximum atomic E-state index is 13.6. The molecule has 0 saturated carbocycles. The number of hydrogen-bond acceptors (Lipinski definition) is 2. The molecule has 4 heteroatoms. The second-order valence-electron chi connectivity index (χ2n) is 6.17. The SMILES string of the molecule is CCC1(CC)CN(Cc2cccc(F)c2Cl)C(C)CCN1. The van der Waals surface area contributed by atoms with Crippen molar-refractivity contribution in [2.24, 2.45) is 0 Å². The maximum Gasteiger partial charge on any atom is 0.142 e. The lowest BCUT2D eigenvalue weighted by Gasteiger charge is -2.37. The zero-order valence-corrected chi connectivity index (χ0v) is 14.0. The molecule has 0 aromatic heterocycles. The number of hydrogen-bond donors (Lipinski definition) is 1. The molecule has 1 unspecified atom stereocenters. The molecule has 0 bridgehead atoms. The van der Waals surface area contributed by atoms with Crippen molar-refractivity contribution in [3.63, 3.8) is 0 Å². The lowest BCUT2D eigenvalue weighted by molar-refractivity contribution is 0.152. The van der Waals surface area contributed by atoms with E-state index in [1.54, 1.807) is 6.07 Å². The van der Waals surface area contributed by atoms with E-state index in [0.29, 0.717) is 12.6 Å². The van der Waals surface area contributed by atoms with Crippen molar-refractivity contribution in [1.29, 1.82) is 0 Å². The van der Waals surface area contributed by atoms with Gasteiger partial charge in [-0.1, -0.05) is 37.6 Å². The van der Waals surface area contributed by atoms with Gasteiger partial charge in [0.15, 0.2) is 0 Å². The zero-order valence-electron chi connectivity index (χ0n) is 13.3. The highest BCUT2D eigenvalue weighted by Gasteiger charge is 2.33. The summed E-state index contributed by atoms with van der Waals surface area (Å²) in [4.78, 5) is 2.44. The zero-order chi connectivity index (χ0) is 15.5. The second kappa shape index (κ2) is 7.08. The van der Waals surface area contributed by atoms with Crippen molar-refractivity contribution < 1.29 is 4.39 Å². The summed E-state index contributed by atoms with van der Waals surface area (Å²) in [5.41, 5.74) is 1.04. The quantitative estimate of drug-likeness (QED) is 0.895. The van der Waals surface area contributed by atoms with Gasteiger partial charge in [0.2, 0.25) is 0 Å². The molecule has 1 fully saturated rings. The molecule has 0 aliphatic carbocycles. The van der Waals surface area contributed by atoms with Crippen LogP contribution in [0.4, 0.5) is 4.39 Å². The molecule has 1 aromatic rings. The molecule has 118 valence electrons. The maximum absolute atomic E-state index is 13.6. The predicted molar refractivity (Wildman–Crippen MR) is 87.2 cm³/mol. The predicted octanol–water partition coefficient (Wildman–Crippen LogP) is 4.22. The van der Waals surface area contributed by atoms with Crippen molar-refractivity contribution in [3.8, 4) is 0 Å². The third-order valence-corrected chi connectivity index (χ3v) is 5.37. The van der Waals surface area contributed by atoms with Crippen LogP contribution in [0.15, 0.2) is 18.2 Å². The summed E-state index contributed by atoms with van der Waals surface area (Å²) < 4.78 is 13.6. The Morgan fingerprint density at radius 1 is 1.38 bits per heavy atom. The standard InChI is InChI=1S/C17H26ClFN2/c1-4-17(5-2)12-21(13(3)9-10-20-17)11-14-7-6-8-15(19)16(14)18/h6-8,13,20H,4-5,9-12H2,1-3H3. The first-order valence-corrected chi connectivity index (χ1v) is 8.31. The lowest BCUT2D eigenvalue weighted by atomic mass is 9.92. The number of nitrogens with zero attached hydrogens (tertiary/aromatic N) is 1. The van der Waals surface area contributed by atoms with E-state index in [0.717, 1.165) is 37.9 Å². The van der Waals surface area contributed by atoms with E-state index in [1.807, 2.05) is 6.07 Å². The molecule has 21 heavy (non-hydrogen) atoms. The van der Waals surface area contributed by atoms with Gasteiger partial charge >= 0.3 is 0 Å². The Morgan fingerprint density at radius 3 is 2.76 bits per heavy atom. The molecular formula is C17H26ClFN2. The van der Waals surface area contributed by atoms with Gasteiger partial charge in [-0.15, -0.1) is 0 Å². The molecule has 0 radical (unpaired) electrons. The summed E-state index contributed by atoms with van der Waals surface area (Å²) in [6.45, 7) is 9.45. The van der Waals surface area contributed by atoms with Crippen LogP contribution < -0.4 is 5.32 Å². The second-order valence-corrected chi connectivity index (χ2v) is 6.55. The molecule has 1 aliphatic heterocycles. The van der Waals surface area contributed by atoms with Crippen molar-refractivity contribution in [2.45, 2.75) is 58.2 Å². The third kappa shape index (κ3) is 3.77. The van der Waals surface area contributed by atoms with Gasteiger partial charge in [0.05, 0.1) is 5.02 Å². The number of halogens is 2. The average molecular weight is 313 g/mol. The molecule has 0 spiro atoms. The Morgan fingerprint density at radius 2 is 2.10 bits per heavy atom. The summed E-state index contributed by atoms with van der Waals surface area (Å²) in [5, 5.41) is 3.98. The van der Waals surface area contributed by atoms with E-state index >= 15 is 0 Å². The third-order valence-electron chi connectivity index (χ3n) is 4.95. The van der Waals surface area contributed by atoms with Gasteiger partial charge in [-0.05, 0) is 44.4 Å². The topological polar surface area (TPSA) is 15.3 Å². The van der Waals surface area contributed by atoms with Crippen LogP contribution in [0.2, 0.25) is 5.02 Å². The highest BCUT2D eigenvalue weighted by molar-refractivity contribution is 6.31. The molecule has 1 aliphatic rings. The Labute approximate surface area is 132 Å². The fourth-order valence-electron chi connectivity index (χ4n) is 3.15. The van der Waals surface area contributed by atoms with Gasteiger partial charge < -0.3 is 5.32 Å². The number of nitrogens with one attached hydrogen (secondary N) is 1. The normalized spacial score (nSPS) is 23.0. The van der Waals surface area contributed by atoms with E-state index < -0.39 is 0 Å². The van der Waals surface area contributed by atoms with E-state index in [9.17, 15) is 4.39 Å². The van der Waals surface area contributed by atoms with Crippen LogP contribution in [0.1, 0.15) is 45.6 Å². The fraction of sp³-hybridized carbons (Fsp3) is 0.647. The van der Waals surface area contributed by atoms with E-state index in [-0.39, 0.29) is 16.4 Å². The van der Waals surface area contributed by atoms with Crippen LogP contribution in [0.25, 0.3) is 0 Å². The first-order valence-electron chi connectivity index (χ1n) is 7.93. The highest BCUT2D eigenvalue weighted by Crippen LogP contribution is 2.27. The van der Waals surface area contributed by atoms with Crippen LogP contribution in [-0.4, -0.2) is 29.6 Å². The Hall–Kier alpha value is -0.640. The largest absolute Gasteiger partial charge is 0.310 e. The van der Waals surface area contributed by atoms with E-state index in [1.165, 1.54) is 6.07 Å². The molecule has 1 saturated heterocycles. The smallest absolute Gasteiger partial charge is 0.142 e. The fourth-order valence-corrected chi connectivity index (χ4v) is 3.34. The van der Waals surface area contributed by atoms with Crippen molar-refractivity contribution >= 4 is 11.6 Å². The van der Waals surface area contributed by atoms with Crippen LogP contribution >= 0.6 is 11.6 Å². The minimum absolute atomic E-state index is 0.157. The van der Waals surface area contributed by atoms with Crippen molar-refractivity contribution in [3.05, 3.63) is 34.6 Å². The van der Waals surface area contributed by atoms with Crippen LogP contribution in [0.5, 0.6) is 0 Å². The molecular weight excluding hydrogens is 287 g/mol. The van der Waals surface area contributed by atoms with E-state index in [4.69, 9.17) is 11.6 Å². The van der Waals surface area contributed by atoms with Gasteiger partial charge in [0.25, 0.3) is 0 Å². The summed E-state index contributed by atoms with van der Waals surface area (Å²) >= 11 is 6.12. The molecule has 1 atom stereocenters. The minimum atomic E-state index is -0.327. The Balaban J connectivity index is 2.21. The van der Waals surface area contributed by atoms with Gasteiger partial charge in [0.1, 0.15) is 5.82 Å². The van der Waals surface area contributed by atoms with Crippen molar-refractivity contribution in [2.75, 3.05) is 13.1 Å². The Kier molecular flexibility index (Phi) is 5.64. The Bertz CT molecular complexity index is 474. The van der Waals surface area contributed by atoms with Gasteiger partial charge in [-0.3, -0.25) is 4.90 Å². The highest BCUT2D eigenvalue weighted by atomic mass is 35.5. The molecule has 1 aromatic carbocycles. The van der Waals surface area contributed by atoms with Gasteiger partial charge in [0, 0.05) is 24.7 Å². The van der Waals surface area contributed by atoms with E-state index in [2.05, 4.69) is 31.0 Å². The monoisotopic (exact) mass is 312 g/mol. The van der Waals surface area contributed by atoms with Crippen molar-refractivity contribution in [1.82, 2.24) is 10.2 Å². The van der Waals surface area contributed by atoms with Crippen LogP contribution in [0, 0.1) is 5.82 Å². The summed E-state index contributed by atoms with van der Waals surface area (Å²) in [7, 11) is 0. The van der Waals surface area contributed by atoms with Crippen LogP contribution in [0.3, 0.4) is 0 Å². The van der Waals surface area contributed by atoms with Crippen LogP contribution in [-0.2, 0) is 6.54 Å². The van der Waals surface area contributed by atoms with Gasteiger partial charge in [-0.2, -0.15) is 0 Å². The summed E-state index contributed by atoms with van der Waals surface area (Å²) in [6, 6.07) is 5.55.